The molecule has 0 amide bonds. The lowest BCUT2D eigenvalue weighted by atomic mass is 9.90. The lowest BCUT2D eigenvalue weighted by molar-refractivity contribution is 0.281. The van der Waals surface area contributed by atoms with Gasteiger partial charge in [0.05, 0.1) is 18.1 Å². The Bertz CT molecular complexity index is 518. The summed E-state index contributed by atoms with van der Waals surface area (Å²) in [6.45, 7) is 5.34. The fourth-order valence-electron chi connectivity index (χ4n) is 2.12. The van der Waals surface area contributed by atoms with E-state index in [9.17, 15) is 0 Å². The van der Waals surface area contributed by atoms with E-state index in [1.807, 2.05) is 32.0 Å². The van der Waals surface area contributed by atoms with Gasteiger partial charge in [-0.2, -0.15) is 5.26 Å². The summed E-state index contributed by atoms with van der Waals surface area (Å²) in [5, 5.41) is 13.2. The molecule has 4 heteroatoms. The second-order valence-electron chi connectivity index (χ2n) is 6.35. The monoisotopic (exact) mass is 306 g/mol. The average Bonchev–Trinajstić information content (AvgIpc) is 3.27. The molecule has 0 spiro atoms. The average molecular weight is 307 g/mol. The van der Waals surface area contributed by atoms with Crippen LogP contribution in [-0.2, 0) is 6.54 Å². The molecule has 21 heavy (non-hydrogen) atoms. The second-order valence-corrected chi connectivity index (χ2v) is 6.79. The first-order valence-corrected chi connectivity index (χ1v) is 7.94. The van der Waals surface area contributed by atoms with Crippen LogP contribution in [0.1, 0.15) is 45.1 Å². The molecule has 0 heterocycles. The molecule has 1 aromatic rings. The van der Waals surface area contributed by atoms with Crippen molar-refractivity contribution in [3.63, 3.8) is 0 Å². The van der Waals surface area contributed by atoms with Crippen molar-refractivity contribution in [1.29, 1.82) is 5.26 Å². The second kappa shape index (κ2) is 7.15. The van der Waals surface area contributed by atoms with Gasteiger partial charge in [0.1, 0.15) is 5.75 Å². The summed E-state index contributed by atoms with van der Waals surface area (Å²) < 4.78 is 5.88. The van der Waals surface area contributed by atoms with E-state index >= 15 is 0 Å². The van der Waals surface area contributed by atoms with E-state index in [0.717, 1.165) is 35.7 Å². The predicted molar refractivity (Wildman–Crippen MR) is 85.4 cm³/mol. The zero-order valence-electron chi connectivity index (χ0n) is 12.8. The van der Waals surface area contributed by atoms with Crippen LogP contribution < -0.4 is 10.1 Å². The van der Waals surface area contributed by atoms with E-state index < -0.39 is 0 Å². The Hall–Kier alpha value is -1.24. The summed E-state index contributed by atoms with van der Waals surface area (Å²) >= 11 is 6.07. The van der Waals surface area contributed by atoms with E-state index in [4.69, 9.17) is 21.6 Å². The van der Waals surface area contributed by atoms with E-state index in [1.165, 1.54) is 12.8 Å². The number of nitrogens with one attached hydrogen (secondary N) is 1. The van der Waals surface area contributed by atoms with Crippen molar-refractivity contribution in [2.24, 2.45) is 5.41 Å². The molecule has 0 aromatic heterocycles. The summed E-state index contributed by atoms with van der Waals surface area (Å²) in [5.74, 6) is 0.891. The Morgan fingerprint density at radius 1 is 1.43 bits per heavy atom. The highest BCUT2D eigenvalue weighted by Crippen LogP contribution is 2.26. The molecule has 114 valence electrons. The van der Waals surface area contributed by atoms with E-state index in [0.29, 0.717) is 12.6 Å². The molecule has 3 nitrogen and oxygen atoms in total. The highest BCUT2D eigenvalue weighted by Gasteiger charge is 2.21. The third kappa shape index (κ3) is 5.57. The van der Waals surface area contributed by atoms with Gasteiger partial charge < -0.3 is 10.1 Å². The predicted octanol–water partition coefficient (Wildman–Crippen LogP) is 4.30. The lowest BCUT2D eigenvalue weighted by Gasteiger charge is -2.16. The van der Waals surface area contributed by atoms with Crippen molar-refractivity contribution in [3.05, 3.63) is 28.8 Å². The minimum Gasteiger partial charge on any atom is -0.493 e. The maximum atomic E-state index is 9.00. The summed E-state index contributed by atoms with van der Waals surface area (Å²) in [6.07, 6.45) is 4.24. The van der Waals surface area contributed by atoms with Crippen molar-refractivity contribution < 1.29 is 4.74 Å². The van der Waals surface area contributed by atoms with Crippen molar-refractivity contribution in [1.82, 2.24) is 5.32 Å². The number of hydrogen-bond acceptors (Lipinski definition) is 3. The number of benzene rings is 1. The largest absolute Gasteiger partial charge is 0.493 e. The van der Waals surface area contributed by atoms with Crippen LogP contribution in [0.3, 0.4) is 0 Å². The first-order chi connectivity index (χ1) is 10.00. The van der Waals surface area contributed by atoms with Crippen molar-refractivity contribution in [3.8, 4) is 11.8 Å². The summed E-state index contributed by atoms with van der Waals surface area (Å²) in [5.41, 5.74) is 0.827. The van der Waals surface area contributed by atoms with Crippen LogP contribution in [0.4, 0.5) is 0 Å². The van der Waals surface area contributed by atoms with Crippen LogP contribution in [0, 0.1) is 16.7 Å². The Kier molecular flexibility index (Phi) is 5.50. The van der Waals surface area contributed by atoms with Crippen LogP contribution >= 0.6 is 11.6 Å². The van der Waals surface area contributed by atoms with Gasteiger partial charge in [0.25, 0.3) is 0 Å². The van der Waals surface area contributed by atoms with Crippen LogP contribution in [-0.4, -0.2) is 12.6 Å². The molecular weight excluding hydrogens is 284 g/mol. The van der Waals surface area contributed by atoms with Gasteiger partial charge in [0.15, 0.2) is 0 Å². The fraction of sp³-hybridized carbons (Fsp3) is 0.588. The molecular formula is C17H23ClN2O. The molecule has 0 radical (unpaired) electrons. The lowest BCUT2D eigenvalue weighted by Crippen LogP contribution is -2.16. The van der Waals surface area contributed by atoms with Gasteiger partial charge in [0, 0.05) is 23.2 Å². The zero-order chi connectivity index (χ0) is 15.3. The van der Waals surface area contributed by atoms with Gasteiger partial charge in [-0.25, -0.2) is 0 Å². The SMILES string of the molecule is CC(C)(C#N)CCCOc1ccc(Cl)cc1CNC1CC1. The van der Waals surface area contributed by atoms with Crippen LogP contribution in [0.15, 0.2) is 18.2 Å². The Morgan fingerprint density at radius 3 is 2.86 bits per heavy atom. The minimum atomic E-state index is -0.278. The van der Waals surface area contributed by atoms with E-state index in [2.05, 4.69) is 11.4 Å². The van der Waals surface area contributed by atoms with Gasteiger partial charge in [-0.05, 0) is 57.7 Å². The molecule has 0 unspecified atom stereocenters. The van der Waals surface area contributed by atoms with E-state index in [-0.39, 0.29) is 5.41 Å². The van der Waals surface area contributed by atoms with E-state index in [1.54, 1.807) is 0 Å². The number of nitrogens with zero attached hydrogens (tertiary/aromatic N) is 1. The quantitative estimate of drug-likeness (QED) is 0.728. The molecule has 1 aromatic carbocycles. The van der Waals surface area contributed by atoms with Crippen LogP contribution in [0.2, 0.25) is 5.02 Å². The number of nitriles is 1. The molecule has 0 atom stereocenters. The first kappa shape index (κ1) is 16.1. The fourth-order valence-corrected chi connectivity index (χ4v) is 2.32. The molecule has 0 saturated heterocycles. The van der Waals surface area contributed by atoms with Gasteiger partial charge in [-0.15, -0.1) is 0 Å². The Balaban J connectivity index is 1.85. The summed E-state index contributed by atoms with van der Waals surface area (Å²) in [4.78, 5) is 0. The molecule has 0 aliphatic heterocycles. The van der Waals surface area contributed by atoms with Crippen molar-refractivity contribution in [2.45, 2.75) is 52.1 Å². The third-order valence-electron chi connectivity index (χ3n) is 3.69. The van der Waals surface area contributed by atoms with Gasteiger partial charge in [-0.3, -0.25) is 0 Å². The molecule has 1 aliphatic carbocycles. The van der Waals surface area contributed by atoms with Gasteiger partial charge in [0.2, 0.25) is 0 Å². The normalized spacial score (nSPS) is 14.8. The maximum absolute atomic E-state index is 9.00. The summed E-state index contributed by atoms with van der Waals surface area (Å²) in [7, 11) is 0. The highest BCUT2D eigenvalue weighted by atomic mass is 35.5. The molecule has 0 bridgehead atoms. The number of hydrogen-bond donors (Lipinski definition) is 1. The van der Waals surface area contributed by atoms with Gasteiger partial charge in [-0.1, -0.05) is 11.6 Å². The zero-order valence-corrected chi connectivity index (χ0v) is 13.5. The third-order valence-corrected chi connectivity index (χ3v) is 3.92. The summed E-state index contributed by atoms with van der Waals surface area (Å²) in [6, 6.07) is 8.73. The molecule has 1 fully saturated rings. The van der Waals surface area contributed by atoms with Crippen molar-refractivity contribution in [2.75, 3.05) is 6.61 Å². The molecule has 1 N–H and O–H groups in total. The minimum absolute atomic E-state index is 0.278. The van der Waals surface area contributed by atoms with Crippen molar-refractivity contribution >= 4 is 11.6 Å². The molecule has 1 saturated carbocycles. The van der Waals surface area contributed by atoms with Crippen LogP contribution in [0.5, 0.6) is 5.75 Å². The number of halogens is 1. The Labute approximate surface area is 132 Å². The van der Waals surface area contributed by atoms with Crippen LogP contribution in [0.25, 0.3) is 0 Å². The molecule has 1 aliphatic rings. The standard InChI is InChI=1S/C17H23ClN2O/c1-17(2,12-19)8-3-9-21-16-7-4-14(18)10-13(16)11-20-15-5-6-15/h4,7,10,15,20H,3,5-6,8-9,11H2,1-2H3. The maximum Gasteiger partial charge on any atom is 0.123 e. The highest BCUT2D eigenvalue weighted by molar-refractivity contribution is 6.30. The number of rotatable bonds is 8. The van der Waals surface area contributed by atoms with Gasteiger partial charge >= 0.3 is 0 Å². The smallest absolute Gasteiger partial charge is 0.123 e. The molecule has 2 rings (SSSR count). The topological polar surface area (TPSA) is 45.0 Å². The Morgan fingerprint density at radius 2 is 2.19 bits per heavy atom. The number of ether oxygens (including phenoxy) is 1. The first-order valence-electron chi connectivity index (χ1n) is 7.56.